The molecule has 1 amide bonds. The van der Waals surface area contributed by atoms with Crippen LogP contribution in [0.15, 0.2) is 12.1 Å². The van der Waals surface area contributed by atoms with E-state index in [0.717, 1.165) is 45.4 Å². The molecule has 7 heteroatoms. The molecule has 2 fully saturated rings. The first-order valence-corrected chi connectivity index (χ1v) is 10.1. The maximum atomic E-state index is 13.1. The molecule has 0 saturated carbocycles. The third kappa shape index (κ3) is 5.21. The molecule has 2 atom stereocenters. The number of carbonyl (C=O) groups excluding carboxylic acids is 1. The lowest BCUT2D eigenvalue weighted by Crippen LogP contribution is -2.32. The molecular weight excluding hydrogens is 387 g/mol. The number of halogens is 2. The summed E-state index contributed by atoms with van der Waals surface area (Å²) in [7, 11) is 0. The number of rotatable bonds is 6. The molecule has 2 aliphatic rings. The van der Waals surface area contributed by atoms with Gasteiger partial charge in [-0.2, -0.15) is 0 Å². The highest BCUT2D eigenvalue weighted by Crippen LogP contribution is 2.37. The quantitative estimate of drug-likeness (QED) is 0.760. The summed E-state index contributed by atoms with van der Waals surface area (Å²) in [6, 6.07) is 3.49. The van der Waals surface area contributed by atoms with Crippen molar-refractivity contribution in [2.24, 2.45) is 11.8 Å². The summed E-state index contributed by atoms with van der Waals surface area (Å²) in [5.74, 6) is 2.50. The van der Waals surface area contributed by atoms with Crippen LogP contribution >= 0.6 is 24.0 Å². The number of amides is 1. The predicted molar refractivity (Wildman–Crippen MR) is 111 cm³/mol. The van der Waals surface area contributed by atoms with Crippen molar-refractivity contribution in [2.45, 2.75) is 33.1 Å². The van der Waals surface area contributed by atoms with Crippen molar-refractivity contribution in [3.8, 4) is 11.5 Å². The van der Waals surface area contributed by atoms with E-state index in [-0.39, 0.29) is 18.3 Å². The summed E-state index contributed by atoms with van der Waals surface area (Å²) in [6.45, 7) is 8.78. The van der Waals surface area contributed by atoms with E-state index in [2.05, 4.69) is 5.32 Å². The van der Waals surface area contributed by atoms with Crippen molar-refractivity contribution in [1.82, 2.24) is 10.2 Å². The molecular formula is C20H30Cl2N2O3. The summed E-state index contributed by atoms with van der Waals surface area (Å²) < 4.78 is 11.4. The first-order valence-electron chi connectivity index (χ1n) is 9.73. The fourth-order valence-electron chi connectivity index (χ4n) is 3.90. The first-order chi connectivity index (χ1) is 12.6. The van der Waals surface area contributed by atoms with E-state index in [4.69, 9.17) is 21.1 Å². The highest BCUT2D eigenvalue weighted by Gasteiger charge is 2.32. The van der Waals surface area contributed by atoms with Gasteiger partial charge >= 0.3 is 0 Å². The van der Waals surface area contributed by atoms with Gasteiger partial charge in [-0.05, 0) is 63.2 Å². The molecule has 1 N–H and O–H groups in total. The monoisotopic (exact) mass is 416 g/mol. The van der Waals surface area contributed by atoms with Crippen LogP contribution in [0.2, 0.25) is 5.02 Å². The minimum atomic E-state index is 0. The van der Waals surface area contributed by atoms with E-state index in [1.807, 2.05) is 18.7 Å². The number of hydrogen-bond acceptors (Lipinski definition) is 4. The lowest BCUT2D eigenvalue weighted by atomic mass is 9.92. The van der Waals surface area contributed by atoms with Crippen molar-refractivity contribution in [2.75, 3.05) is 39.4 Å². The van der Waals surface area contributed by atoms with Gasteiger partial charge < -0.3 is 19.7 Å². The second-order valence-electron chi connectivity index (χ2n) is 7.11. The Hall–Kier alpha value is -1.17. The van der Waals surface area contributed by atoms with Gasteiger partial charge in [0.15, 0.2) is 11.5 Å². The van der Waals surface area contributed by atoms with Gasteiger partial charge in [0.05, 0.1) is 18.2 Å². The second-order valence-corrected chi connectivity index (χ2v) is 7.52. The van der Waals surface area contributed by atoms with E-state index in [1.54, 1.807) is 12.1 Å². The Morgan fingerprint density at radius 2 is 1.85 bits per heavy atom. The topological polar surface area (TPSA) is 50.8 Å². The summed E-state index contributed by atoms with van der Waals surface area (Å²) in [4.78, 5) is 15.0. The van der Waals surface area contributed by atoms with Crippen molar-refractivity contribution in [3.63, 3.8) is 0 Å². The van der Waals surface area contributed by atoms with E-state index >= 15 is 0 Å². The molecule has 0 spiro atoms. The van der Waals surface area contributed by atoms with Crippen LogP contribution in [-0.4, -0.2) is 50.2 Å². The molecule has 0 aromatic heterocycles. The standard InChI is InChI=1S/C20H29ClN2O3.ClH/c1-3-9-26-19-17(21)10-16(11-18(19)25-4-2)20(24)23-7-5-14-12-22-13-15(14)6-8-23;/h10-11,14-15,22H,3-9,12-13H2,1-2H3;1H/t14-,15+;. The molecule has 0 bridgehead atoms. The van der Waals surface area contributed by atoms with Gasteiger partial charge in [-0.15, -0.1) is 12.4 Å². The molecule has 5 nitrogen and oxygen atoms in total. The number of benzene rings is 1. The van der Waals surface area contributed by atoms with Crippen LogP contribution in [0.1, 0.15) is 43.5 Å². The summed E-state index contributed by atoms with van der Waals surface area (Å²) in [6.07, 6.45) is 3.01. The van der Waals surface area contributed by atoms with E-state index in [1.165, 1.54) is 0 Å². The number of hydrogen-bond donors (Lipinski definition) is 1. The minimum absolute atomic E-state index is 0. The average molecular weight is 417 g/mol. The van der Waals surface area contributed by atoms with Gasteiger partial charge in [0.1, 0.15) is 0 Å². The summed E-state index contributed by atoms with van der Waals surface area (Å²) in [5.41, 5.74) is 0.576. The van der Waals surface area contributed by atoms with Gasteiger partial charge in [0.2, 0.25) is 0 Å². The molecule has 0 radical (unpaired) electrons. The Bertz CT molecular complexity index is 628. The number of nitrogens with one attached hydrogen (secondary N) is 1. The van der Waals surface area contributed by atoms with Crippen LogP contribution in [0.25, 0.3) is 0 Å². The largest absolute Gasteiger partial charge is 0.490 e. The Kier molecular flexibility index (Phi) is 8.52. The minimum Gasteiger partial charge on any atom is -0.490 e. The van der Waals surface area contributed by atoms with Crippen molar-refractivity contribution in [3.05, 3.63) is 22.7 Å². The van der Waals surface area contributed by atoms with Crippen LogP contribution in [-0.2, 0) is 0 Å². The lowest BCUT2D eigenvalue weighted by molar-refractivity contribution is 0.0758. The van der Waals surface area contributed by atoms with E-state index in [9.17, 15) is 4.79 Å². The second kappa shape index (κ2) is 10.4. The average Bonchev–Trinajstić information content (AvgIpc) is 2.99. The van der Waals surface area contributed by atoms with Crippen LogP contribution in [0.4, 0.5) is 0 Å². The number of nitrogens with zero attached hydrogens (tertiary/aromatic N) is 1. The Balaban J connectivity index is 0.00000261. The Morgan fingerprint density at radius 3 is 2.44 bits per heavy atom. The molecule has 2 heterocycles. The third-order valence-electron chi connectivity index (χ3n) is 5.31. The highest BCUT2D eigenvalue weighted by molar-refractivity contribution is 6.32. The fraction of sp³-hybridized carbons (Fsp3) is 0.650. The van der Waals surface area contributed by atoms with Gasteiger partial charge in [-0.25, -0.2) is 0 Å². The molecule has 1 aromatic carbocycles. The summed E-state index contributed by atoms with van der Waals surface area (Å²) >= 11 is 6.42. The summed E-state index contributed by atoms with van der Waals surface area (Å²) in [5, 5.41) is 3.90. The van der Waals surface area contributed by atoms with Crippen molar-refractivity contribution >= 4 is 29.9 Å². The van der Waals surface area contributed by atoms with Gasteiger partial charge in [-0.3, -0.25) is 4.79 Å². The molecule has 3 rings (SSSR count). The smallest absolute Gasteiger partial charge is 0.254 e. The molecule has 1 aromatic rings. The zero-order valence-corrected chi connectivity index (χ0v) is 17.7. The van der Waals surface area contributed by atoms with Crippen molar-refractivity contribution < 1.29 is 14.3 Å². The molecule has 0 aliphatic carbocycles. The molecule has 2 aliphatic heterocycles. The number of ether oxygens (including phenoxy) is 2. The molecule has 27 heavy (non-hydrogen) atoms. The van der Waals surface area contributed by atoms with Gasteiger partial charge in [0, 0.05) is 18.7 Å². The van der Waals surface area contributed by atoms with Gasteiger partial charge in [0.25, 0.3) is 5.91 Å². The van der Waals surface area contributed by atoms with Crippen molar-refractivity contribution in [1.29, 1.82) is 0 Å². The SMILES string of the molecule is CCCOc1c(Cl)cc(C(=O)N2CC[C@@H]3CNC[C@@H]3CC2)cc1OCC.Cl. The van der Waals surface area contributed by atoms with E-state index < -0.39 is 0 Å². The predicted octanol–water partition coefficient (Wildman–Crippen LogP) is 4.02. The number of likely N-dealkylation sites (tertiary alicyclic amines) is 1. The fourth-order valence-corrected chi connectivity index (χ4v) is 4.17. The molecule has 2 saturated heterocycles. The third-order valence-corrected chi connectivity index (χ3v) is 5.59. The first kappa shape index (κ1) is 22.1. The number of carbonyl (C=O) groups is 1. The maximum absolute atomic E-state index is 13.1. The zero-order valence-electron chi connectivity index (χ0n) is 16.1. The van der Waals surface area contributed by atoms with Crippen LogP contribution in [0.5, 0.6) is 11.5 Å². The Morgan fingerprint density at radius 1 is 1.19 bits per heavy atom. The van der Waals surface area contributed by atoms with E-state index in [0.29, 0.717) is 47.1 Å². The lowest BCUT2D eigenvalue weighted by Gasteiger charge is -2.22. The molecule has 152 valence electrons. The molecule has 0 unspecified atom stereocenters. The number of fused-ring (bicyclic) bond motifs is 1. The normalized spacial score (nSPS) is 21.8. The van der Waals surface area contributed by atoms with Crippen LogP contribution in [0, 0.1) is 11.8 Å². The van der Waals surface area contributed by atoms with Crippen LogP contribution in [0.3, 0.4) is 0 Å². The maximum Gasteiger partial charge on any atom is 0.254 e. The highest BCUT2D eigenvalue weighted by atomic mass is 35.5. The van der Waals surface area contributed by atoms with Gasteiger partial charge in [-0.1, -0.05) is 18.5 Å². The Labute approximate surface area is 173 Å². The van der Waals surface area contributed by atoms with Crippen LogP contribution < -0.4 is 14.8 Å². The zero-order chi connectivity index (χ0) is 18.5.